The topological polar surface area (TPSA) is 140 Å². The van der Waals surface area contributed by atoms with E-state index in [0.717, 1.165) is 78.4 Å². The molecule has 2 heterocycles. The van der Waals surface area contributed by atoms with E-state index in [4.69, 9.17) is 22.1 Å². The van der Waals surface area contributed by atoms with Gasteiger partial charge in [0, 0.05) is 53.9 Å². The molecule has 1 fully saturated rings. The minimum Gasteiger partial charge on any atom is -0.354 e. The molecular formula is C25H41ClN8OS. The van der Waals surface area contributed by atoms with Crippen LogP contribution >= 0.6 is 23.4 Å². The van der Waals surface area contributed by atoms with Crippen molar-refractivity contribution in [1.29, 1.82) is 0 Å². The number of carbonyl (C=O) groups excluding carboxylic acids is 1. The lowest BCUT2D eigenvalue weighted by molar-refractivity contribution is -0.0979. The van der Waals surface area contributed by atoms with Crippen LogP contribution in [0.15, 0.2) is 40.5 Å². The van der Waals surface area contributed by atoms with Crippen LogP contribution in [0.5, 0.6) is 0 Å². The number of nitrogens with two attached hydrogens (primary N) is 3. The first-order valence-corrected chi connectivity index (χ1v) is 12.8. The summed E-state index contributed by atoms with van der Waals surface area (Å²) in [6, 6.07) is 7.93. The van der Waals surface area contributed by atoms with Crippen LogP contribution in [0.1, 0.15) is 23.4 Å². The molecular weight excluding hydrogens is 496 g/mol. The number of anilines is 1. The Kier molecular flexibility index (Phi) is 18.5. The van der Waals surface area contributed by atoms with Gasteiger partial charge in [-0.1, -0.05) is 35.5 Å². The summed E-state index contributed by atoms with van der Waals surface area (Å²) in [6.45, 7) is 15.4. The summed E-state index contributed by atoms with van der Waals surface area (Å²) in [5, 5.41) is 1.56. The monoisotopic (exact) mass is 536 g/mol. The first-order valence-electron chi connectivity index (χ1n) is 11.6. The molecule has 11 heteroatoms. The minimum atomic E-state index is 0.692. The smallest absolute Gasteiger partial charge is 0.133 e. The number of piperazine rings is 1. The van der Waals surface area contributed by atoms with Gasteiger partial charge in [0.15, 0.2) is 0 Å². The van der Waals surface area contributed by atoms with Gasteiger partial charge in [-0.25, -0.2) is 9.97 Å². The van der Waals surface area contributed by atoms with Crippen molar-refractivity contribution in [2.75, 3.05) is 58.3 Å². The maximum atomic E-state index is 8.00. The van der Waals surface area contributed by atoms with E-state index in [1.807, 2.05) is 38.8 Å². The second-order valence-corrected chi connectivity index (χ2v) is 8.76. The summed E-state index contributed by atoms with van der Waals surface area (Å²) < 4.78 is 0. The van der Waals surface area contributed by atoms with Gasteiger partial charge in [0.25, 0.3) is 0 Å². The van der Waals surface area contributed by atoms with Crippen LogP contribution in [-0.4, -0.2) is 81.7 Å². The third kappa shape index (κ3) is 10.7. The van der Waals surface area contributed by atoms with E-state index in [1.165, 1.54) is 25.9 Å². The van der Waals surface area contributed by atoms with Gasteiger partial charge in [0.1, 0.15) is 23.5 Å². The number of hydrogen-bond donors (Lipinski definition) is 3. The van der Waals surface area contributed by atoms with Crippen LogP contribution in [0.25, 0.3) is 4.91 Å². The molecule has 0 saturated carbocycles. The number of aromatic nitrogens is 2. The van der Waals surface area contributed by atoms with Crippen LogP contribution in [0, 0.1) is 13.8 Å². The molecule has 1 aliphatic heterocycles. The number of benzene rings is 1. The molecule has 3 rings (SSSR count). The lowest BCUT2D eigenvalue weighted by atomic mass is 10.1. The predicted molar refractivity (Wildman–Crippen MR) is 156 cm³/mol. The first kappa shape index (κ1) is 33.7. The second-order valence-electron chi connectivity index (χ2n) is 7.29. The Morgan fingerprint density at radius 2 is 1.78 bits per heavy atom. The highest BCUT2D eigenvalue weighted by atomic mass is 35.5. The average Bonchev–Trinajstić information content (AvgIpc) is 2.91. The zero-order valence-corrected chi connectivity index (χ0v) is 23.5. The molecule has 0 spiro atoms. The van der Waals surface area contributed by atoms with Gasteiger partial charge in [0.05, 0.1) is 0 Å². The molecule has 200 valence electrons. The minimum absolute atomic E-state index is 0.692. The third-order valence-electron chi connectivity index (χ3n) is 5.07. The van der Waals surface area contributed by atoms with Crippen LogP contribution in [0.4, 0.5) is 5.82 Å². The molecule has 36 heavy (non-hydrogen) atoms. The molecule has 1 saturated heterocycles. The largest absolute Gasteiger partial charge is 0.354 e. The van der Waals surface area contributed by atoms with Crippen molar-refractivity contribution in [2.24, 2.45) is 22.2 Å². The third-order valence-corrected chi connectivity index (χ3v) is 6.33. The summed E-state index contributed by atoms with van der Waals surface area (Å²) in [4.78, 5) is 27.0. The zero-order chi connectivity index (χ0) is 27.5. The molecule has 0 bridgehead atoms. The number of thioether (sulfide) groups is 1. The standard InChI is InChI=1S/C22H29ClN6S.2CH5N.CH2O/c1-16-6-4-7-18(23)22(16)19(15-25-3)30-21-14-20(26-17(2)27-21)29-12-10-28(11-13-29)9-5-8-24;3*1-2/h4,6-7,14-15H,3,5,8-13,24H2,1-2H3;2*2H2,1H3;1H2/b19-15-;;;. The van der Waals surface area contributed by atoms with Crippen molar-refractivity contribution in [3.63, 3.8) is 0 Å². The number of aliphatic imine (C=N–C) groups is 1. The van der Waals surface area contributed by atoms with Gasteiger partial charge in [-0.15, -0.1) is 0 Å². The van der Waals surface area contributed by atoms with E-state index in [2.05, 4.69) is 49.0 Å². The fraction of sp³-hybridized carbons (Fsp3) is 0.440. The highest BCUT2D eigenvalue weighted by Gasteiger charge is 2.19. The van der Waals surface area contributed by atoms with Crippen molar-refractivity contribution in [2.45, 2.75) is 25.3 Å². The normalized spacial score (nSPS) is 13.3. The molecule has 0 amide bonds. The molecule has 0 atom stereocenters. The Balaban J connectivity index is 0.00000190. The zero-order valence-electron chi connectivity index (χ0n) is 21.9. The van der Waals surface area contributed by atoms with Gasteiger partial charge in [-0.05, 0) is 65.8 Å². The second kappa shape index (κ2) is 19.8. The Morgan fingerprint density at radius 3 is 2.33 bits per heavy atom. The lowest BCUT2D eigenvalue weighted by Crippen LogP contribution is -2.47. The molecule has 9 nitrogen and oxygen atoms in total. The highest BCUT2D eigenvalue weighted by Crippen LogP contribution is 2.39. The van der Waals surface area contributed by atoms with Crippen molar-refractivity contribution in [1.82, 2.24) is 14.9 Å². The van der Waals surface area contributed by atoms with E-state index in [9.17, 15) is 0 Å². The summed E-state index contributed by atoms with van der Waals surface area (Å²) in [5.41, 5.74) is 16.7. The molecule has 0 aliphatic carbocycles. The number of rotatable bonds is 8. The molecule has 0 unspecified atom stereocenters. The van der Waals surface area contributed by atoms with Crippen LogP contribution in [0.3, 0.4) is 0 Å². The van der Waals surface area contributed by atoms with Crippen molar-refractivity contribution >= 4 is 47.6 Å². The van der Waals surface area contributed by atoms with Gasteiger partial charge >= 0.3 is 0 Å². The van der Waals surface area contributed by atoms with Crippen LogP contribution < -0.4 is 22.1 Å². The maximum absolute atomic E-state index is 8.00. The average molecular weight is 537 g/mol. The molecule has 2 aromatic rings. The maximum Gasteiger partial charge on any atom is 0.133 e. The van der Waals surface area contributed by atoms with E-state index in [1.54, 1.807) is 6.20 Å². The molecule has 0 radical (unpaired) electrons. The molecule has 1 aromatic carbocycles. The predicted octanol–water partition coefficient (Wildman–Crippen LogP) is 2.97. The Morgan fingerprint density at radius 1 is 1.14 bits per heavy atom. The van der Waals surface area contributed by atoms with Gasteiger partial charge < -0.3 is 26.9 Å². The number of hydrogen-bond acceptors (Lipinski definition) is 10. The summed E-state index contributed by atoms with van der Waals surface area (Å²) in [5.74, 6) is 1.72. The quantitative estimate of drug-likeness (QED) is 0.264. The first-order chi connectivity index (χ1) is 17.5. The highest BCUT2D eigenvalue weighted by molar-refractivity contribution is 8.08. The fourth-order valence-electron chi connectivity index (χ4n) is 3.54. The van der Waals surface area contributed by atoms with Crippen molar-refractivity contribution < 1.29 is 4.79 Å². The Bertz CT molecular complexity index is 916. The fourth-order valence-corrected chi connectivity index (χ4v) is 4.98. The van der Waals surface area contributed by atoms with Gasteiger partial charge in [0.2, 0.25) is 0 Å². The van der Waals surface area contributed by atoms with Gasteiger partial charge in [-0.3, -0.25) is 9.89 Å². The van der Waals surface area contributed by atoms with Gasteiger partial charge in [-0.2, -0.15) is 0 Å². The number of aryl methyl sites for hydroxylation is 2. The molecule has 6 N–H and O–H groups in total. The van der Waals surface area contributed by atoms with Crippen LogP contribution in [-0.2, 0) is 4.79 Å². The van der Waals surface area contributed by atoms with E-state index >= 15 is 0 Å². The van der Waals surface area contributed by atoms with Crippen molar-refractivity contribution in [3.8, 4) is 0 Å². The SMILES string of the molecule is C=N/C=C(\Sc1cc(N2CCN(CCCN)CC2)nc(C)n1)c1c(C)cccc1Cl.C=O.CN.CN. The number of nitrogens with zero attached hydrogens (tertiary/aromatic N) is 5. The van der Waals surface area contributed by atoms with Crippen molar-refractivity contribution in [3.05, 3.63) is 52.4 Å². The summed E-state index contributed by atoms with van der Waals surface area (Å²) in [6.07, 6.45) is 2.79. The van der Waals surface area contributed by atoms with E-state index < -0.39 is 0 Å². The van der Waals surface area contributed by atoms with E-state index in [0.29, 0.717) is 5.02 Å². The summed E-state index contributed by atoms with van der Waals surface area (Å²) in [7, 11) is 3.00. The van der Waals surface area contributed by atoms with E-state index in [-0.39, 0.29) is 0 Å². The number of halogens is 1. The Hall–Kier alpha value is -2.34. The summed E-state index contributed by atoms with van der Waals surface area (Å²) >= 11 is 8.03. The number of carbonyl (C=O) groups is 1. The lowest BCUT2D eigenvalue weighted by Gasteiger charge is -2.35. The molecule has 1 aromatic heterocycles. The molecule has 1 aliphatic rings. The Labute approximate surface area is 225 Å². The van der Waals surface area contributed by atoms with Crippen LogP contribution in [0.2, 0.25) is 5.02 Å².